The van der Waals surface area contributed by atoms with Gasteiger partial charge in [0.15, 0.2) is 11.0 Å². The van der Waals surface area contributed by atoms with Crippen LogP contribution in [0.5, 0.6) is 0 Å². The number of carbonyl (C=O) groups excluding carboxylic acids is 2. The smallest absolute Gasteiger partial charge is 0.248 e. The molecule has 1 atom stereocenters. The van der Waals surface area contributed by atoms with Crippen molar-refractivity contribution < 1.29 is 9.59 Å². The molecule has 0 radical (unpaired) electrons. The number of hydrogen-bond donors (Lipinski definition) is 2. The number of nitrogens with zero attached hydrogens (tertiary/aromatic N) is 3. The maximum Gasteiger partial charge on any atom is 0.248 e. The largest absolute Gasteiger partial charge is 0.325 e. The van der Waals surface area contributed by atoms with Crippen molar-refractivity contribution >= 4 is 41.0 Å². The van der Waals surface area contributed by atoms with Crippen LogP contribution in [0, 0.1) is 13.8 Å². The molecular formula is C30H31N5O2S. The number of thioether (sulfide) groups is 1. The van der Waals surface area contributed by atoms with E-state index in [1.54, 1.807) is 6.08 Å². The second kappa shape index (κ2) is 12.4. The molecule has 8 heteroatoms. The Morgan fingerprint density at radius 2 is 1.71 bits per heavy atom. The highest BCUT2D eigenvalue weighted by Gasteiger charge is 2.22. The molecule has 1 aromatic heterocycles. The van der Waals surface area contributed by atoms with Gasteiger partial charge in [0.2, 0.25) is 11.8 Å². The Morgan fingerprint density at radius 1 is 0.974 bits per heavy atom. The van der Waals surface area contributed by atoms with Crippen molar-refractivity contribution in [3.05, 3.63) is 95.6 Å². The first kappa shape index (κ1) is 26.9. The topological polar surface area (TPSA) is 88.9 Å². The molecule has 0 saturated heterocycles. The van der Waals surface area contributed by atoms with Gasteiger partial charge in [-0.2, -0.15) is 0 Å². The van der Waals surface area contributed by atoms with E-state index in [9.17, 15) is 9.59 Å². The second-order valence-electron chi connectivity index (χ2n) is 9.00. The van der Waals surface area contributed by atoms with Crippen molar-refractivity contribution in [2.45, 2.75) is 37.6 Å². The highest BCUT2D eigenvalue weighted by Crippen LogP contribution is 2.29. The molecule has 0 bridgehead atoms. The maximum absolute atomic E-state index is 13.0. The van der Waals surface area contributed by atoms with E-state index in [0.717, 1.165) is 27.9 Å². The van der Waals surface area contributed by atoms with Crippen molar-refractivity contribution in [3.63, 3.8) is 0 Å². The molecule has 0 aliphatic rings. The lowest BCUT2D eigenvalue weighted by atomic mass is 10.1. The first-order chi connectivity index (χ1) is 18.3. The van der Waals surface area contributed by atoms with Crippen molar-refractivity contribution in [3.8, 4) is 11.4 Å². The third-order valence-corrected chi connectivity index (χ3v) is 7.42. The SMILES string of the molecule is CCC(Sc1nnc(-c2ccc(NC(=O)C=Cc3ccccc3)cc2)n1C)C(=O)Nc1ccc(C)cc1C. The van der Waals surface area contributed by atoms with Gasteiger partial charge < -0.3 is 15.2 Å². The lowest BCUT2D eigenvalue weighted by molar-refractivity contribution is -0.115. The fourth-order valence-corrected chi connectivity index (χ4v) is 4.83. The molecule has 0 saturated carbocycles. The van der Waals surface area contributed by atoms with Crippen LogP contribution in [-0.2, 0) is 16.6 Å². The molecule has 2 N–H and O–H groups in total. The number of aromatic nitrogens is 3. The summed E-state index contributed by atoms with van der Waals surface area (Å²) >= 11 is 1.40. The monoisotopic (exact) mass is 525 g/mol. The van der Waals surface area contributed by atoms with Crippen LogP contribution < -0.4 is 10.6 Å². The van der Waals surface area contributed by atoms with Gasteiger partial charge in [-0.25, -0.2) is 0 Å². The molecule has 4 rings (SSSR count). The molecule has 7 nitrogen and oxygen atoms in total. The minimum atomic E-state index is -0.312. The molecule has 38 heavy (non-hydrogen) atoms. The van der Waals surface area contributed by atoms with E-state index >= 15 is 0 Å². The molecule has 194 valence electrons. The molecule has 3 aromatic carbocycles. The molecule has 0 aliphatic carbocycles. The summed E-state index contributed by atoms with van der Waals surface area (Å²) in [5.41, 5.74) is 5.51. The quantitative estimate of drug-likeness (QED) is 0.199. The van der Waals surface area contributed by atoms with E-state index < -0.39 is 0 Å². The van der Waals surface area contributed by atoms with Crippen LogP contribution >= 0.6 is 11.8 Å². The van der Waals surface area contributed by atoms with Crippen LogP contribution in [0.25, 0.3) is 17.5 Å². The minimum absolute atomic E-state index is 0.0598. The molecular weight excluding hydrogens is 494 g/mol. The summed E-state index contributed by atoms with van der Waals surface area (Å²) in [4.78, 5) is 25.3. The van der Waals surface area contributed by atoms with Crippen molar-refractivity contribution in [1.29, 1.82) is 0 Å². The van der Waals surface area contributed by atoms with Gasteiger partial charge in [-0.3, -0.25) is 9.59 Å². The lowest BCUT2D eigenvalue weighted by Gasteiger charge is -2.16. The van der Waals surface area contributed by atoms with E-state index in [1.165, 1.54) is 17.8 Å². The standard InChI is InChI=1S/C30H31N5O2S/c1-5-26(29(37)32-25-17-11-20(2)19-21(25)3)38-30-34-33-28(35(30)4)23-13-15-24(16-14-23)31-27(36)18-12-22-9-7-6-8-10-22/h6-19,26H,5H2,1-4H3,(H,31,36)(H,32,37). The molecule has 0 aliphatic heterocycles. The summed E-state index contributed by atoms with van der Waals surface area (Å²) in [5.74, 6) is 0.415. The fourth-order valence-electron chi connectivity index (χ4n) is 3.91. The van der Waals surface area contributed by atoms with E-state index in [1.807, 2.05) is 99.1 Å². The van der Waals surface area contributed by atoms with Crippen LogP contribution in [0.2, 0.25) is 0 Å². The van der Waals surface area contributed by atoms with Gasteiger partial charge in [-0.05, 0) is 67.8 Å². The highest BCUT2D eigenvalue weighted by molar-refractivity contribution is 8.00. The Hall–Kier alpha value is -4.17. The summed E-state index contributed by atoms with van der Waals surface area (Å²) in [6.07, 6.45) is 3.93. The van der Waals surface area contributed by atoms with Crippen molar-refractivity contribution in [2.24, 2.45) is 7.05 Å². The number of rotatable bonds is 9. The van der Waals surface area contributed by atoms with Crippen LogP contribution in [0.15, 0.2) is 84.0 Å². The molecule has 2 amide bonds. The lowest BCUT2D eigenvalue weighted by Crippen LogP contribution is -2.25. The first-order valence-electron chi connectivity index (χ1n) is 12.4. The number of nitrogens with one attached hydrogen (secondary N) is 2. The van der Waals surface area contributed by atoms with Crippen molar-refractivity contribution in [1.82, 2.24) is 14.8 Å². The summed E-state index contributed by atoms with van der Waals surface area (Å²) in [6.45, 7) is 6.01. The average Bonchev–Trinajstić information content (AvgIpc) is 3.28. The van der Waals surface area contributed by atoms with Crippen LogP contribution in [0.3, 0.4) is 0 Å². The number of benzene rings is 3. The molecule has 0 spiro atoms. The number of aryl methyl sites for hydroxylation is 2. The van der Waals surface area contributed by atoms with Gasteiger partial charge in [0, 0.05) is 30.1 Å². The van der Waals surface area contributed by atoms with E-state index in [-0.39, 0.29) is 17.1 Å². The van der Waals surface area contributed by atoms with Gasteiger partial charge in [-0.15, -0.1) is 10.2 Å². The third kappa shape index (κ3) is 6.77. The van der Waals surface area contributed by atoms with Crippen LogP contribution in [0.4, 0.5) is 11.4 Å². The van der Waals surface area contributed by atoms with Gasteiger partial charge >= 0.3 is 0 Å². The normalized spacial score (nSPS) is 11.9. The summed E-state index contributed by atoms with van der Waals surface area (Å²) in [7, 11) is 1.89. The predicted octanol–water partition coefficient (Wildman–Crippen LogP) is 6.26. The minimum Gasteiger partial charge on any atom is -0.325 e. The molecule has 4 aromatic rings. The number of hydrogen-bond acceptors (Lipinski definition) is 5. The first-order valence-corrected chi connectivity index (χ1v) is 13.3. The van der Waals surface area contributed by atoms with Gasteiger partial charge in [0.05, 0.1) is 5.25 Å². The Morgan fingerprint density at radius 3 is 2.39 bits per heavy atom. The summed E-state index contributed by atoms with van der Waals surface area (Å²) in [5, 5.41) is 15.0. The van der Waals surface area contributed by atoms with Gasteiger partial charge in [0.1, 0.15) is 0 Å². The summed E-state index contributed by atoms with van der Waals surface area (Å²) in [6, 6.07) is 23.1. The number of anilines is 2. The Bertz CT molecular complexity index is 1450. The maximum atomic E-state index is 13.0. The zero-order valence-electron chi connectivity index (χ0n) is 21.9. The van der Waals surface area contributed by atoms with Gasteiger partial charge in [-0.1, -0.05) is 66.7 Å². The Kier molecular flexibility index (Phi) is 8.76. The summed E-state index contributed by atoms with van der Waals surface area (Å²) < 4.78 is 1.88. The number of carbonyl (C=O) groups is 2. The zero-order chi connectivity index (χ0) is 27.1. The molecule has 1 unspecified atom stereocenters. The molecule has 1 heterocycles. The van der Waals surface area contributed by atoms with Gasteiger partial charge in [0.25, 0.3) is 0 Å². The molecule has 0 fully saturated rings. The fraction of sp³-hybridized carbons (Fsp3) is 0.200. The van der Waals surface area contributed by atoms with E-state index in [0.29, 0.717) is 23.1 Å². The van der Waals surface area contributed by atoms with Crippen molar-refractivity contribution in [2.75, 3.05) is 10.6 Å². The highest BCUT2D eigenvalue weighted by atomic mass is 32.2. The average molecular weight is 526 g/mol. The van der Waals surface area contributed by atoms with E-state index in [4.69, 9.17) is 0 Å². The van der Waals surface area contributed by atoms with Crippen LogP contribution in [0.1, 0.15) is 30.0 Å². The Labute approximate surface area is 227 Å². The third-order valence-electron chi connectivity index (χ3n) is 6.02. The number of amides is 2. The second-order valence-corrected chi connectivity index (χ2v) is 10.2. The van der Waals surface area contributed by atoms with Crippen LogP contribution in [-0.4, -0.2) is 31.8 Å². The predicted molar refractivity (Wildman–Crippen MR) is 155 cm³/mol. The van der Waals surface area contributed by atoms with E-state index in [2.05, 4.69) is 26.9 Å². The zero-order valence-corrected chi connectivity index (χ0v) is 22.8. The Balaban J connectivity index is 1.39.